The van der Waals surface area contributed by atoms with Gasteiger partial charge >= 0.3 is 11.9 Å². The van der Waals surface area contributed by atoms with E-state index in [0.29, 0.717) is 12.3 Å². The number of primary amides is 3. The summed E-state index contributed by atoms with van der Waals surface area (Å²) >= 11 is 0. The molecule has 0 saturated carbocycles. The molecule has 0 aromatic carbocycles. The van der Waals surface area contributed by atoms with Crippen molar-refractivity contribution in [3.05, 3.63) is 0 Å². The number of hydrogen-bond donors (Lipinski definition) is 19. The van der Waals surface area contributed by atoms with Crippen molar-refractivity contribution in [2.75, 3.05) is 40.4 Å². The first-order chi connectivity index (χ1) is 54.2. The number of cyclic esters (lactones) is 1. The number of piperidine rings is 1. The topological polar surface area (TPSA) is 638 Å². The van der Waals surface area contributed by atoms with Crippen LogP contribution in [0.2, 0.25) is 0 Å². The van der Waals surface area contributed by atoms with E-state index in [4.69, 9.17) is 38.1 Å². The van der Waals surface area contributed by atoms with Gasteiger partial charge in [-0.3, -0.25) is 71.9 Å². The quantitative estimate of drug-likeness (QED) is 0.0262. The van der Waals surface area contributed by atoms with Crippen molar-refractivity contribution >= 4 is 94.6 Å². The van der Waals surface area contributed by atoms with E-state index in [1.165, 1.54) is 48.8 Å². The number of carboxylic acids is 1. The number of fused-ring (bicyclic) bond motifs is 1. The molecule has 23 atom stereocenters. The number of carboxylic acid groups (broad SMARTS) is 1. The second kappa shape index (κ2) is 50.8. The van der Waals surface area contributed by atoms with E-state index in [-0.39, 0.29) is 102 Å². The monoisotopic (exact) mass is 1650 g/mol. The maximum atomic E-state index is 15.6. The zero-order chi connectivity index (χ0) is 88.5. The molecule has 0 aromatic rings. The van der Waals surface area contributed by atoms with Crippen molar-refractivity contribution in [3.8, 4) is 0 Å². The Hall–Kier alpha value is -8.76. The lowest BCUT2D eigenvalue weighted by Crippen LogP contribution is -2.65. The lowest BCUT2D eigenvalue weighted by molar-refractivity contribution is -0.168. The fourth-order valence-electron chi connectivity index (χ4n) is 14.1. The van der Waals surface area contributed by atoms with Gasteiger partial charge in [-0.15, -0.1) is 0 Å². The van der Waals surface area contributed by atoms with Crippen LogP contribution in [0.3, 0.4) is 0 Å². The van der Waals surface area contributed by atoms with Crippen LogP contribution in [-0.2, 0) is 86.2 Å². The summed E-state index contributed by atoms with van der Waals surface area (Å²) in [6, 6.07) is -19.4. The summed E-state index contributed by atoms with van der Waals surface area (Å²) in [7, 11) is 2.46. The van der Waals surface area contributed by atoms with Crippen LogP contribution in [0.15, 0.2) is 0 Å². The predicted molar refractivity (Wildman–Crippen MR) is 422 cm³/mol. The van der Waals surface area contributed by atoms with Crippen LogP contribution in [0.1, 0.15) is 199 Å². The van der Waals surface area contributed by atoms with E-state index < -0.39 is 253 Å². The van der Waals surface area contributed by atoms with Gasteiger partial charge in [-0.05, 0) is 138 Å². The average Bonchev–Trinajstić information content (AvgIpc) is 0.801. The SMILES string of the molecule is CCC(C)CC(C)CC(C)C(O)C(C)C(=O)NC(CCCN)C(=O)NC(CCC(N)=O)C(O)C(O)C(=O)NC(C(=O)NC1C(=O)NC(CO)C(=O)NC(CCCN)C(=O)NC(CC(C)C)C(=O)N(C)C(CCC(N)=O)CC(=O)NC(C(C)OC)C(=O)NC(CC(=O)O)C(=O)N2CCCCC2C(=O)OC1C(C)C(C)C)C(C)C(C)C(N)=O. The number of nitrogens with zero attached hydrogens (tertiary/aromatic N) is 2. The van der Waals surface area contributed by atoms with Gasteiger partial charge < -0.3 is 121 Å². The summed E-state index contributed by atoms with van der Waals surface area (Å²) in [5, 5.41) is 78.8. The number of aliphatic carboxylic acids is 1. The molecule has 2 saturated heterocycles. The molecule has 2 rings (SSSR count). The van der Waals surface area contributed by atoms with Crippen LogP contribution in [0.4, 0.5) is 0 Å². The molecule has 0 bridgehead atoms. The van der Waals surface area contributed by atoms with Gasteiger partial charge in [0.05, 0.1) is 37.2 Å². The van der Waals surface area contributed by atoms with E-state index in [9.17, 15) is 83.1 Å². The molecule has 39 heteroatoms. The Labute approximate surface area is 679 Å². The molecule has 2 aliphatic rings. The van der Waals surface area contributed by atoms with Crippen molar-refractivity contribution in [1.29, 1.82) is 0 Å². The lowest BCUT2D eigenvalue weighted by Gasteiger charge is -2.39. The third-order valence-corrected chi connectivity index (χ3v) is 22.2. The van der Waals surface area contributed by atoms with Crippen LogP contribution in [0.5, 0.6) is 0 Å². The fraction of sp³-hybridized carbons (Fsp3) is 0.792. The molecule has 2 fully saturated rings. The first kappa shape index (κ1) is 103. The molecule has 14 amide bonds. The Kier molecular flexibility index (Phi) is 45.2. The van der Waals surface area contributed by atoms with Gasteiger partial charge in [-0.2, -0.15) is 0 Å². The second-order valence-corrected chi connectivity index (χ2v) is 32.3. The van der Waals surface area contributed by atoms with Gasteiger partial charge in [-0.1, -0.05) is 89.5 Å². The molecule has 0 spiro atoms. The van der Waals surface area contributed by atoms with Gasteiger partial charge in [0.15, 0.2) is 6.10 Å². The third-order valence-electron chi connectivity index (χ3n) is 22.2. The Bertz CT molecular complexity index is 3300. The fourth-order valence-corrected chi connectivity index (χ4v) is 14.1. The molecule has 0 aliphatic carbocycles. The standard InChI is InChI=1S/C77H136N16O23/c1-16-39(6)32-40(7)33-41(8)62(100)45(12)67(104)84-49(21-19-28-78)68(105)83-48(25-27-56(81)96)63(101)64(102)74(111)90-59(43(10)44(11)66(82)103)71(108)91-61-65(42(9)38(4)5)116-77(114)54-23-17-18-30-93(54)76(113)52(35-58(98)99)87-72(109)60(46(13)115-15)89-57(97)34-47(24-26-55(80)95)92(14)75(112)51(31-37(2)3)86-69(106)50(22-20-29-79)85-70(107)53(36-94)88-73(61)110/h37-54,59-65,94,100-102H,16-36,78-79H2,1-15H3,(H2,80,95)(H2,81,96)(H2,82,103)(H,83,105)(H,84,104)(H,85,107)(H,86,106)(H,87,109)(H,88,110)(H,89,97)(H,90,111)(H,91,108)(H,98,99). The van der Waals surface area contributed by atoms with Crippen molar-refractivity contribution < 1.29 is 112 Å². The number of nitrogens with one attached hydrogen (secondary N) is 9. The van der Waals surface area contributed by atoms with Crippen molar-refractivity contribution in [3.63, 3.8) is 0 Å². The Balaban J connectivity index is 3.09. The van der Waals surface area contributed by atoms with Gasteiger partial charge in [0.25, 0.3) is 5.91 Å². The molecular weight excluding hydrogens is 1520 g/mol. The van der Waals surface area contributed by atoms with Gasteiger partial charge in [-0.25, -0.2) is 4.79 Å². The summed E-state index contributed by atoms with van der Waals surface area (Å²) in [4.78, 5) is 230. The van der Waals surface area contributed by atoms with Crippen LogP contribution in [0, 0.1) is 53.3 Å². The van der Waals surface area contributed by atoms with Gasteiger partial charge in [0.2, 0.25) is 76.8 Å². The molecule has 2 heterocycles. The number of esters is 1. The van der Waals surface area contributed by atoms with Gasteiger partial charge in [0, 0.05) is 51.9 Å². The highest BCUT2D eigenvalue weighted by Crippen LogP contribution is 2.30. The molecular formula is C77H136N16O23. The molecule has 116 heavy (non-hydrogen) atoms. The number of carbonyl (C=O) groups is 16. The highest BCUT2D eigenvalue weighted by molar-refractivity contribution is 5.99. The van der Waals surface area contributed by atoms with Crippen LogP contribution in [-0.4, -0.2) is 267 Å². The van der Waals surface area contributed by atoms with E-state index in [2.05, 4.69) is 68.6 Å². The van der Waals surface area contributed by atoms with E-state index in [0.717, 1.165) is 22.6 Å². The maximum absolute atomic E-state index is 15.6. The van der Waals surface area contributed by atoms with E-state index >= 15 is 19.2 Å². The van der Waals surface area contributed by atoms with Crippen molar-refractivity contribution in [2.45, 2.75) is 296 Å². The minimum atomic E-state index is -2.69. The number of methoxy groups -OCH3 is 1. The number of aliphatic hydroxyl groups is 4. The van der Waals surface area contributed by atoms with Crippen molar-refractivity contribution in [1.82, 2.24) is 57.7 Å². The molecule has 2 aliphatic heterocycles. The highest BCUT2D eigenvalue weighted by atomic mass is 16.5. The minimum absolute atomic E-state index is 0.0295. The lowest BCUT2D eigenvalue weighted by atomic mass is 9.83. The number of hydrogen-bond acceptors (Lipinski definition) is 24. The van der Waals surface area contributed by atoms with E-state index in [1.54, 1.807) is 34.6 Å². The maximum Gasteiger partial charge on any atom is 0.329 e. The zero-order valence-corrected chi connectivity index (χ0v) is 70.1. The summed E-state index contributed by atoms with van der Waals surface area (Å²) in [5.74, 6) is -24.2. The number of rotatable bonds is 41. The molecule has 0 radical (unpaired) electrons. The Morgan fingerprint density at radius 3 is 1.78 bits per heavy atom. The van der Waals surface area contributed by atoms with Crippen LogP contribution >= 0.6 is 0 Å². The average molecular weight is 1650 g/mol. The number of amides is 14. The highest BCUT2D eigenvalue weighted by Gasteiger charge is 2.48. The van der Waals surface area contributed by atoms with Crippen LogP contribution < -0.4 is 76.5 Å². The van der Waals surface area contributed by atoms with E-state index in [1.807, 2.05) is 0 Å². The Morgan fingerprint density at radius 2 is 1.23 bits per heavy atom. The third kappa shape index (κ3) is 33.0. The predicted octanol–water partition coefficient (Wildman–Crippen LogP) is -3.70. The Morgan fingerprint density at radius 1 is 0.638 bits per heavy atom. The molecule has 23 unspecified atom stereocenters. The first-order valence-electron chi connectivity index (χ1n) is 40.4. The normalized spacial score (nSPS) is 24.5. The second-order valence-electron chi connectivity index (χ2n) is 32.3. The zero-order valence-electron chi connectivity index (χ0n) is 70.1. The number of nitrogens with two attached hydrogens (primary N) is 5. The smallest absolute Gasteiger partial charge is 0.329 e. The summed E-state index contributed by atoms with van der Waals surface area (Å²) < 4.78 is 11.8. The van der Waals surface area contributed by atoms with Gasteiger partial charge in [0.1, 0.15) is 66.6 Å². The molecule has 0 aromatic heterocycles. The minimum Gasteiger partial charge on any atom is -0.481 e. The largest absolute Gasteiger partial charge is 0.481 e. The summed E-state index contributed by atoms with van der Waals surface area (Å²) in [6.45, 7) is 19.9. The summed E-state index contributed by atoms with van der Waals surface area (Å²) in [5.41, 5.74) is 28.6. The van der Waals surface area contributed by atoms with Crippen LogP contribution in [0.25, 0.3) is 0 Å². The summed E-state index contributed by atoms with van der Waals surface area (Å²) in [6.07, 6.45) is -10.6. The number of likely N-dealkylation sites (N-methyl/N-ethyl adjacent to an activating group) is 1. The number of aliphatic hydroxyl groups excluding tert-OH is 4. The van der Waals surface area contributed by atoms with Crippen molar-refractivity contribution in [2.24, 2.45) is 81.9 Å². The number of carbonyl (C=O) groups excluding carboxylic acids is 15. The molecule has 662 valence electrons. The number of ether oxygens (including phenoxy) is 2. The molecule has 24 N–H and O–H groups in total. The molecule has 39 nitrogen and oxygen atoms in total. The first-order valence-corrected chi connectivity index (χ1v) is 40.4.